The van der Waals surface area contributed by atoms with Gasteiger partial charge in [0.2, 0.25) is 11.9 Å². The number of hydrogen-bond acceptors (Lipinski definition) is 4. The van der Waals surface area contributed by atoms with Gasteiger partial charge in [0.15, 0.2) is 0 Å². The quantitative estimate of drug-likeness (QED) is 0.698. The maximum atomic E-state index is 12.9. The van der Waals surface area contributed by atoms with Gasteiger partial charge in [0.05, 0.1) is 17.2 Å². The fraction of sp³-hybridized carbons (Fsp3) is 0.200. The van der Waals surface area contributed by atoms with Gasteiger partial charge in [-0.2, -0.15) is 5.10 Å². The zero-order valence-corrected chi connectivity index (χ0v) is 14.1. The van der Waals surface area contributed by atoms with Gasteiger partial charge in [-0.3, -0.25) is 14.8 Å². The summed E-state index contributed by atoms with van der Waals surface area (Å²) in [6.45, 7) is 0.915. The molecule has 9 heteroatoms. The van der Waals surface area contributed by atoms with Gasteiger partial charge in [0, 0.05) is 19.2 Å². The van der Waals surface area contributed by atoms with Gasteiger partial charge in [-0.1, -0.05) is 12.1 Å². The van der Waals surface area contributed by atoms with Crippen LogP contribution in [0.3, 0.4) is 0 Å². The maximum Gasteiger partial charge on any atom is 0.248 e. The number of hydrogen-bond donors (Lipinski definition) is 1. The third-order valence-corrected chi connectivity index (χ3v) is 3.62. The second kappa shape index (κ2) is 7.35. The minimum absolute atomic E-state index is 0.193. The first-order chi connectivity index (χ1) is 11.6. The lowest BCUT2D eigenvalue weighted by Crippen LogP contribution is -2.16. The summed E-state index contributed by atoms with van der Waals surface area (Å²) in [5.41, 5.74) is 0.892. The van der Waals surface area contributed by atoms with E-state index in [2.05, 4.69) is 36.4 Å². The van der Waals surface area contributed by atoms with E-state index in [0.717, 1.165) is 10.0 Å². The Kier molecular flexibility index (Phi) is 4.99. The summed E-state index contributed by atoms with van der Waals surface area (Å²) in [6.07, 6.45) is 5.24. The summed E-state index contributed by atoms with van der Waals surface area (Å²) < 4.78 is 17.0. The van der Waals surface area contributed by atoms with Gasteiger partial charge in [0.1, 0.15) is 12.1 Å². The summed E-state index contributed by atoms with van der Waals surface area (Å²) in [4.78, 5) is 15.9. The molecule has 3 rings (SSSR count). The Hall–Kier alpha value is -2.55. The highest BCUT2D eigenvalue weighted by Gasteiger charge is 2.08. The molecule has 1 amide bonds. The van der Waals surface area contributed by atoms with Gasteiger partial charge < -0.3 is 0 Å². The number of anilines is 1. The van der Waals surface area contributed by atoms with Crippen LogP contribution in [0, 0.1) is 5.82 Å². The fourth-order valence-electron chi connectivity index (χ4n) is 2.07. The van der Waals surface area contributed by atoms with Crippen molar-refractivity contribution >= 4 is 27.8 Å². The smallest absolute Gasteiger partial charge is 0.248 e. The van der Waals surface area contributed by atoms with E-state index in [-0.39, 0.29) is 24.1 Å². The lowest BCUT2D eigenvalue weighted by Gasteiger charge is -2.02. The Morgan fingerprint density at radius 2 is 2.04 bits per heavy atom. The molecule has 0 saturated heterocycles. The Morgan fingerprint density at radius 3 is 2.75 bits per heavy atom. The molecular weight excluding hydrogens is 379 g/mol. The number of carbonyl (C=O) groups is 1. The van der Waals surface area contributed by atoms with E-state index in [4.69, 9.17) is 0 Å². The van der Waals surface area contributed by atoms with E-state index < -0.39 is 0 Å². The molecule has 1 aromatic carbocycles. The lowest BCUT2D eigenvalue weighted by molar-refractivity contribution is -0.116. The monoisotopic (exact) mass is 392 g/mol. The van der Waals surface area contributed by atoms with Gasteiger partial charge in [-0.15, -0.1) is 5.10 Å². The van der Waals surface area contributed by atoms with Crippen LogP contribution in [0.15, 0.2) is 47.5 Å². The molecule has 3 aromatic rings. The number of carbonyl (C=O) groups excluding carboxylic acids is 1. The van der Waals surface area contributed by atoms with Crippen molar-refractivity contribution in [3.05, 3.63) is 58.8 Å². The third kappa shape index (κ3) is 4.48. The molecule has 0 atom stereocenters. The van der Waals surface area contributed by atoms with E-state index in [0.29, 0.717) is 13.1 Å². The maximum absolute atomic E-state index is 12.9. The van der Waals surface area contributed by atoms with Crippen molar-refractivity contribution < 1.29 is 9.18 Å². The number of rotatable bonds is 6. The van der Waals surface area contributed by atoms with E-state index in [1.807, 2.05) is 0 Å². The van der Waals surface area contributed by atoms with Crippen molar-refractivity contribution in [3.63, 3.8) is 0 Å². The van der Waals surface area contributed by atoms with Crippen LogP contribution in [0.1, 0.15) is 12.0 Å². The second-order valence-electron chi connectivity index (χ2n) is 5.11. The number of benzene rings is 1. The average molecular weight is 393 g/mol. The molecule has 2 heterocycles. The van der Waals surface area contributed by atoms with Gasteiger partial charge in [-0.25, -0.2) is 14.1 Å². The Bertz CT molecular complexity index is 829. The van der Waals surface area contributed by atoms with Crippen LogP contribution in [-0.2, 0) is 17.9 Å². The molecule has 0 spiro atoms. The lowest BCUT2D eigenvalue weighted by atomic mass is 10.2. The Labute approximate surface area is 145 Å². The predicted molar refractivity (Wildman–Crippen MR) is 88.7 cm³/mol. The first-order valence-corrected chi connectivity index (χ1v) is 7.99. The zero-order chi connectivity index (χ0) is 16.9. The average Bonchev–Trinajstić information content (AvgIpc) is 3.17. The highest BCUT2D eigenvalue weighted by molar-refractivity contribution is 9.10. The first-order valence-electron chi connectivity index (χ1n) is 7.20. The number of amides is 1. The van der Waals surface area contributed by atoms with Crippen molar-refractivity contribution in [3.8, 4) is 0 Å². The van der Waals surface area contributed by atoms with Crippen molar-refractivity contribution in [2.75, 3.05) is 5.32 Å². The largest absolute Gasteiger partial charge is 0.293 e. The molecule has 0 aliphatic rings. The molecular formula is C15H14BrFN6O. The standard InChI is InChI=1S/C15H14BrFN6O/c16-12-7-19-22(9-12)6-5-14(24)20-15-18-10-23(21-15)8-11-1-3-13(17)4-2-11/h1-4,7,9-10H,5-6,8H2,(H,20,21,24). The summed E-state index contributed by atoms with van der Waals surface area (Å²) in [6, 6.07) is 6.14. The molecule has 124 valence electrons. The molecule has 7 nitrogen and oxygen atoms in total. The summed E-state index contributed by atoms with van der Waals surface area (Å²) in [5.74, 6) is -0.237. The molecule has 0 fully saturated rings. The van der Waals surface area contributed by atoms with Crippen LogP contribution in [-0.4, -0.2) is 30.5 Å². The highest BCUT2D eigenvalue weighted by Crippen LogP contribution is 2.08. The van der Waals surface area contributed by atoms with E-state index >= 15 is 0 Å². The van der Waals surface area contributed by atoms with Crippen LogP contribution in [0.2, 0.25) is 0 Å². The van der Waals surface area contributed by atoms with E-state index in [1.54, 1.807) is 33.9 Å². The van der Waals surface area contributed by atoms with Crippen molar-refractivity contribution in [2.45, 2.75) is 19.5 Å². The predicted octanol–water partition coefficient (Wildman–Crippen LogP) is 2.45. The molecule has 0 aliphatic carbocycles. The molecule has 0 radical (unpaired) electrons. The normalized spacial score (nSPS) is 10.8. The number of aryl methyl sites for hydroxylation is 1. The SMILES string of the molecule is O=C(CCn1cc(Br)cn1)Nc1ncn(Cc2ccc(F)cc2)n1. The Morgan fingerprint density at radius 1 is 1.25 bits per heavy atom. The summed E-state index contributed by atoms with van der Waals surface area (Å²) in [7, 11) is 0. The van der Waals surface area contributed by atoms with Gasteiger partial charge >= 0.3 is 0 Å². The van der Waals surface area contributed by atoms with Gasteiger partial charge in [-0.05, 0) is 33.6 Å². The molecule has 24 heavy (non-hydrogen) atoms. The van der Waals surface area contributed by atoms with Crippen molar-refractivity contribution in [2.24, 2.45) is 0 Å². The number of aromatic nitrogens is 5. The molecule has 0 aliphatic heterocycles. The fourth-order valence-corrected chi connectivity index (χ4v) is 2.40. The minimum Gasteiger partial charge on any atom is -0.293 e. The number of nitrogens with zero attached hydrogens (tertiary/aromatic N) is 5. The second-order valence-corrected chi connectivity index (χ2v) is 6.03. The Balaban J connectivity index is 1.51. The number of halogens is 2. The van der Waals surface area contributed by atoms with E-state index in [1.165, 1.54) is 18.5 Å². The van der Waals surface area contributed by atoms with Crippen LogP contribution >= 0.6 is 15.9 Å². The molecule has 2 aromatic heterocycles. The third-order valence-electron chi connectivity index (χ3n) is 3.22. The molecule has 0 unspecified atom stereocenters. The first kappa shape index (κ1) is 16.3. The van der Waals surface area contributed by atoms with Crippen LogP contribution in [0.4, 0.5) is 10.3 Å². The van der Waals surface area contributed by atoms with Crippen LogP contribution < -0.4 is 5.32 Å². The van der Waals surface area contributed by atoms with Gasteiger partial charge in [0.25, 0.3) is 0 Å². The topological polar surface area (TPSA) is 77.6 Å². The van der Waals surface area contributed by atoms with Crippen molar-refractivity contribution in [1.29, 1.82) is 0 Å². The van der Waals surface area contributed by atoms with E-state index in [9.17, 15) is 9.18 Å². The molecule has 1 N–H and O–H groups in total. The van der Waals surface area contributed by atoms with Crippen molar-refractivity contribution in [1.82, 2.24) is 24.5 Å². The zero-order valence-electron chi connectivity index (χ0n) is 12.6. The summed E-state index contributed by atoms with van der Waals surface area (Å²) >= 11 is 3.30. The van der Waals surface area contributed by atoms with Crippen LogP contribution in [0.25, 0.3) is 0 Å². The highest BCUT2D eigenvalue weighted by atomic mass is 79.9. The number of nitrogens with one attached hydrogen (secondary N) is 1. The molecule has 0 bridgehead atoms. The summed E-state index contributed by atoms with van der Waals surface area (Å²) in [5, 5.41) is 10.9. The molecule has 0 saturated carbocycles. The van der Waals surface area contributed by atoms with Crippen LogP contribution in [0.5, 0.6) is 0 Å². The minimum atomic E-state index is -0.283.